The molecule has 98 valence electrons. The molecule has 1 N–H and O–H groups in total. The maximum absolute atomic E-state index is 9.45. The van der Waals surface area contributed by atoms with Gasteiger partial charge in [0.15, 0.2) is 0 Å². The third kappa shape index (κ3) is 2.35. The molecule has 1 heterocycles. The molecule has 2 rings (SSSR count). The van der Waals surface area contributed by atoms with Crippen molar-refractivity contribution in [1.82, 2.24) is 4.57 Å². The summed E-state index contributed by atoms with van der Waals surface area (Å²) in [5.74, 6) is 0. The highest BCUT2D eigenvalue weighted by Gasteiger charge is 2.17. The van der Waals surface area contributed by atoms with Crippen molar-refractivity contribution in [1.29, 1.82) is 0 Å². The summed E-state index contributed by atoms with van der Waals surface area (Å²) in [6, 6.07) is 3.49. The monoisotopic (exact) mass is 305 g/mol. The van der Waals surface area contributed by atoms with Crippen molar-refractivity contribution in [2.24, 2.45) is 0 Å². The molecule has 0 unspecified atom stereocenters. The van der Waals surface area contributed by atoms with Gasteiger partial charge in [-0.05, 0) is 18.6 Å². The second-order valence-corrected chi connectivity index (χ2v) is 5.42. The number of hydrogen-bond acceptors (Lipinski definition) is 1. The quantitative estimate of drug-likeness (QED) is 0.854. The Balaban J connectivity index is 2.72. The van der Waals surface area contributed by atoms with Crippen LogP contribution in [0.4, 0.5) is 0 Å². The molecule has 1 aromatic heterocycles. The molecule has 0 radical (unpaired) electrons. The van der Waals surface area contributed by atoms with Crippen molar-refractivity contribution >= 4 is 45.7 Å². The van der Waals surface area contributed by atoms with E-state index in [2.05, 4.69) is 6.92 Å². The molecule has 2 aromatic rings. The van der Waals surface area contributed by atoms with Gasteiger partial charge in [0, 0.05) is 22.5 Å². The lowest BCUT2D eigenvalue weighted by molar-refractivity contribution is 0.283. The van der Waals surface area contributed by atoms with Gasteiger partial charge < -0.3 is 9.67 Å². The van der Waals surface area contributed by atoms with Gasteiger partial charge in [0.1, 0.15) is 5.15 Å². The number of fused-ring (bicyclic) bond motifs is 1. The van der Waals surface area contributed by atoms with E-state index in [9.17, 15) is 5.11 Å². The van der Waals surface area contributed by atoms with Crippen molar-refractivity contribution in [3.8, 4) is 0 Å². The Bertz CT molecular complexity index is 577. The smallest absolute Gasteiger partial charge is 0.115 e. The Labute approximate surface area is 121 Å². The average molecular weight is 307 g/mol. The Morgan fingerprint density at radius 1 is 1.22 bits per heavy atom. The molecule has 0 aliphatic heterocycles. The fourth-order valence-corrected chi connectivity index (χ4v) is 3.05. The van der Waals surface area contributed by atoms with Crippen LogP contribution in [0.15, 0.2) is 12.1 Å². The Hall–Kier alpha value is -0.410. The Morgan fingerprint density at radius 3 is 2.56 bits per heavy atom. The third-order valence-corrected chi connectivity index (χ3v) is 3.94. The van der Waals surface area contributed by atoms with Gasteiger partial charge in [-0.25, -0.2) is 0 Å². The van der Waals surface area contributed by atoms with Gasteiger partial charge in [-0.3, -0.25) is 0 Å². The number of rotatable bonds is 4. The van der Waals surface area contributed by atoms with Crippen molar-refractivity contribution < 1.29 is 5.11 Å². The van der Waals surface area contributed by atoms with Gasteiger partial charge >= 0.3 is 0 Å². The van der Waals surface area contributed by atoms with E-state index in [0.29, 0.717) is 20.8 Å². The van der Waals surface area contributed by atoms with Crippen LogP contribution in [0.5, 0.6) is 0 Å². The number of aliphatic hydroxyl groups is 1. The number of aromatic nitrogens is 1. The highest BCUT2D eigenvalue weighted by atomic mass is 35.5. The van der Waals surface area contributed by atoms with Crippen molar-refractivity contribution in [2.75, 3.05) is 0 Å². The number of aliphatic hydroxyl groups excluding tert-OH is 1. The summed E-state index contributed by atoms with van der Waals surface area (Å²) in [6.45, 7) is 2.78. The van der Waals surface area contributed by atoms with Crippen LogP contribution in [-0.2, 0) is 13.2 Å². The molecule has 0 spiro atoms. The molecule has 18 heavy (non-hydrogen) atoms. The first-order chi connectivity index (χ1) is 8.60. The fraction of sp³-hybridized carbons (Fsp3) is 0.385. The SMILES string of the molecule is CCCCn1c(Cl)c(CO)c2cc(Cl)cc(Cl)c21. The van der Waals surface area contributed by atoms with Gasteiger partial charge in [-0.2, -0.15) is 0 Å². The summed E-state index contributed by atoms with van der Waals surface area (Å²) in [7, 11) is 0. The molecule has 0 saturated heterocycles. The van der Waals surface area contributed by atoms with E-state index < -0.39 is 0 Å². The number of benzene rings is 1. The zero-order valence-electron chi connectivity index (χ0n) is 10.0. The van der Waals surface area contributed by atoms with Crippen LogP contribution < -0.4 is 0 Å². The van der Waals surface area contributed by atoms with Gasteiger partial charge in [-0.15, -0.1) is 0 Å². The minimum atomic E-state index is -0.120. The summed E-state index contributed by atoms with van der Waals surface area (Å²) in [6.07, 6.45) is 2.07. The van der Waals surface area contributed by atoms with E-state index in [-0.39, 0.29) is 6.61 Å². The van der Waals surface area contributed by atoms with Gasteiger partial charge in [0.2, 0.25) is 0 Å². The van der Waals surface area contributed by atoms with Crippen LogP contribution in [0.1, 0.15) is 25.3 Å². The van der Waals surface area contributed by atoms with Gasteiger partial charge in [0.05, 0.1) is 17.1 Å². The van der Waals surface area contributed by atoms with Gasteiger partial charge in [-0.1, -0.05) is 48.1 Å². The molecule has 1 aromatic carbocycles. The Kier molecular flexibility index (Phi) is 4.44. The Morgan fingerprint density at radius 2 is 1.94 bits per heavy atom. The van der Waals surface area contributed by atoms with E-state index in [1.165, 1.54) is 0 Å². The standard InChI is InChI=1S/C13H14Cl3NO/c1-2-3-4-17-12-9(10(7-18)13(17)16)5-8(14)6-11(12)15/h5-6,18H,2-4,7H2,1H3. The van der Waals surface area contributed by atoms with Crippen LogP contribution in [0.3, 0.4) is 0 Å². The zero-order valence-corrected chi connectivity index (χ0v) is 12.3. The fourth-order valence-electron chi connectivity index (χ4n) is 2.12. The van der Waals surface area contributed by atoms with E-state index in [0.717, 1.165) is 30.3 Å². The second kappa shape index (κ2) is 5.70. The number of unbranched alkanes of at least 4 members (excludes halogenated alkanes) is 1. The van der Waals surface area contributed by atoms with Crippen LogP contribution in [0.2, 0.25) is 15.2 Å². The van der Waals surface area contributed by atoms with E-state index >= 15 is 0 Å². The number of nitrogens with zero attached hydrogens (tertiary/aromatic N) is 1. The first-order valence-electron chi connectivity index (χ1n) is 5.86. The van der Waals surface area contributed by atoms with E-state index in [4.69, 9.17) is 34.8 Å². The largest absolute Gasteiger partial charge is 0.392 e. The topological polar surface area (TPSA) is 25.2 Å². The molecule has 5 heteroatoms. The molecular weight excluding hydrogens is 293 g/mol. The minimum Gasteiger partial charge on any atom is -0.392 e. The molecule has 0 saturated carbocycles. The van der Waals surface area contributed by atoms with Crippen molar-refractivity contribution in [3.05, 3.63) is 32.9 Å². The highest BCUT2D eigenvalue weighted by Crippen LogP contribution is 2.36. The first-order valence-corrected chi connectivity index (χ1v) is 7.00. The summed E-state index contributed by atoms with van der Waals surface area (Å²) >= 11 is 18.6. The predicted octanol–water partition coefficient (Wildman–Crippen LogP) is 4.89. The van der Waals surface area contributed by atoms with Crippen LogP contribution in [-0.4, -0.2) is 9.67 Å². The summed E-state index contributed by atoms with van der Waals surface area (Å²) < 4.78 is 1.95. The lowest BCUT2D eigenvalue weighted by Gasteiger charge is -2.07. The van der Waals surface area contributed by atoms with Crippen molar-refractivity contribution in [2.45, 2.75) is 32.9 Å². The first kappa shape index (κ1) is 14.0. The second-order valence-electron chi connectivity index (χ2n) is 4.22. The summed E-state index contributed by atoms with van der Waals surface area (Å²) in [4.78, 5) is 0. The molecule has 0 amide bonds. The minimum absolute atomic E-state index is 0.120. The normalized spacial score (nSPS) is 11.4. The lowest BCUT2D eigenvalue weighted by atomic mass is 10.2. The molecule has 0 fully saturated rings. The van der Waals surface area contributed by atoms with E-state index in [1.54, 1.807) is 12.1 Å². The number of halogens is 3. The van der Waals surface area contributed by atoms with Gasteiger partial charge in [0.25, 0.3) is 0 Å². The predicted molar refractivity (Wildman–Crippen MR) is 77.8 cm³/mol. The molecule has 0 aliphatic carbocycles. The maximum atomic E-state index is 9.45. The van der Waals surface area contributed by atoms with Crippen LogP contribution in [0, 0.1) is 0 Å². The molecular formula is C13H14Cl3NO. The molecule has 0 aliphatic rings. The summed E-state index contributed by atoms with van der Waals surface area (Å²) in [5, 5.41) is 11.9. The summed E-state index contributed by atoms with van der Waals surface area (Å²) in [5.41, 5.74) is 1.54. The van der Waals surface area contributed by atoms with Crippen LogP contribution in [0.25, 0.3) is 10.9 Å². The molecule has 2 nitrogen and oxygen atoms in total. The van der Waals surface area contributed by atoms with Crippen molar-refractivity contribution in [3.63, 3.8) is 0 Å². The average Bonchev–Trinajstić information content (AvgIpc) is 2.58. The highest BCUT2D eigenvalue weighted by molar-refractivity contribution is 6.39. The number of hydrogen-bond donors (Lipinski definition) is 1. The van der Waals surface area contributed by atoms with E-state index in [1.807, 2.05) is 4.57 Å². The third-order valence-electron chi connectivity index (χ3n) is 3.00. The zero-order chi connectivity index (χ0) is 13.3. The maximum Gasteiger partial charge on any atom is 0.115 e. The molecule has 0 bridgehead atoms. The molecule has 0 atom stereocenters. The lowest BCUT2D eigenvalue weighted by Crippen LogP contribution is -1.98. The van der Waals surface area contributed by atoms with Crippen LogP contribution >= 0.6 is 34.8 Å². The number of aryl methyl sites for hydroxylation is 1.